The Kier molecular flexibility index (Phi) is 6.80. The first-order valence-electron chi connectivity index (χ1n) is 7.29. The van der Waals surface area contributed by atoms with Crippen molar-refractivity contribution in [1.82, 2.24) is 4.90 Å². The van der Waals surface area contributed by atoms with E-state index in [4.69, 9.17) is 10.5 Å². The molecule has 1 fully saturated rings. The quantitative estimate of drug-likeness (QED) is 0.877. The summed E-state index contributed by atoms with van der Waals surface area (Å²) in [6.07, 6.45) is 2.25. The summed E-state index contributed by atoms with van der Waals surface area (Å²) >= 11 is 0. The average molecular weight is 299 g/mol. The molecule has 0 spiro atoms. The van der Waals surface area contributed by atoms with Crippen LogP contribution in [0.15, 0.2) is 24.3 Å². The molecule has 4 heteroatoms. The first kappa shape index (κ1) is 17.3. The van der Waals surface area contributed by atoms with Gasteiger partial charge in [-0.25, -0.2) is 0 Å². The molecule has 0 aliphatic carbocycles. The summed E-state index contributed by atoms with van der Waals surface area (Å²) in [4.78, 5) is 2.49. The second-order valence-electron chi connectivity index (χ2n) is 5.97. The van der Waals surface area contributed by atoms with Gasteiger partial charge in [-0.2, -0.15) is 0 Å². The second kappa shape index (κ2) is 7.87. The molecule has 0 amide bonds. The first-order valence-corrected chi connectivity index (χ1v) is 7.29. The largest absolute Gasteiger partial charge is 0.494 e. The number of ether oxygens (including phenoxy) is 1. The van der Waals surface area contributed by atoms with Crippen LogP contribution in [0.5, 0.6) is 5.75 Å². The maximum Gasteiger partial charge on any atom is 0.119 e. The molecule has 0 saturated carbocycles. The molecular formula is C16H27ClN2O. The van der Waals surface area contributed by atoms with E-state index in [0.29, 0.717) is 5.41 Å². The number of hydrogen-bond acceptors (Lipinski definition) is 3. The Hall–Kier alpha value is -0.770. The fourth-order valence-electron chi connectivity index (χ4n) is 2.64. The van der Waals surface area contributed by atoms with Crippen LogP contribution in [0.1, 0.15) is 32.3 Å². The molecule has 1 aromatic carbocycles. The van der Waals surface area contributed by atoms with E-state index in [1.165, 1.54) is 12.0 Å². The van der Waals surface area contributed by atoms with Gasteiger partial charge in [-0.15, -0.1) is 12.4 Å². The van der Waals surface area contributed by atoms with Crippen LogP contribution in [0, 0.1) is 5.41 Å². The molecule has 1 saturated heterocycles. The summed E-state index contributed by atoms with van der Waals surface area (Å²) in [6, 6.07) is 8.45. The number of nitrogens with zero attached hydrogens (tertiary/aromatic N) is 1. The molecule has 0 aromatic heterocycles. The molecule has 3 nitrogen and oxygen atoms in total. The van der Waals surface area contributed by atoms with Crippen molar-refractivity contribution in [2.45, 2.75) is 33.2 Å². The summed E-state index contributed by atoms with van der Waals surface area (Å²) in [5, 5.41) is 0. The molecule has 2 rings (SSSR count). The van der Waals surface area contributed by atoms with Gasteiger partial charge in [-0.1, -0.05) is 26.0 Å². The number of hydrogen-bond donors (Lipinski definition) is 1. The van der Waals surface area contributed by atoms with E-state index < -0.39 is 0 Å². The van der Waals surface area contributed by atoms with Crippen LogP contribution in [-0.2, 0) is 6.54 Å². The third kappa shape index (κ3) is 4.65. The summed E-state index contributed by atoms with van der Waals surface area (Å²) < 4.78 is 5.68. The summed E-state index contributed by atoms with van der Waals surface area (Å²) in [5.74, 6) is 0.986. The molecule has 114 valence electrons. The van der Waals surface area contributed by atoms with Gasteiger partial charge < -0.3 is 10.5 Å². The Labute approximate surface area is 128 Å². The van der Waals surface area contributed by atoms with E-state index in [1.807, 2.05) is 6.07 Å². The van der Waals surface area contributed by atoms with Crippen LogP contribution in [0.25, 0.3) is 0 Å². The van der Waals surface area contributed by atoms with Crippen molar-refractivity contribution in [3.05, 3.63) is 29.8 Å². The molecule has 0 bridgehead atoms. The number of rotatable bonds is 6. The Morgan fingerprint density at radius 2 is 2.20 bits per heavy atom. The van der Waals surface area contributed by atoms with Crippen LogP contribution in [0.2, 0.25) is 0 Å². The highest BCUT2D eigenvalue weighted by Gasteiger charge is 2.32. The molecule has 2 N–H and O–H groups in total. The summed E-state index contributed by atoms with van der Waals surface area (Å²) in [6.45, 7) is 9.23. The van der Waals surface area contributed by atoms with Gasteiger partial charge in [0.2, 0.25) is 0 Å². The van der Waals surface area contributed by atoms with Gasteiger partial charge in [0.25, 0.3) is 0 Å². The van der Waals surface area contributed by atoms with Gasteiger partial charge in [0.1, 0.15) is 5.75 Å². The fourth-order valence-corrected chi connectivity index (χ4v) is 2.64. The van der Waals surface area contributed by atoms with Crippen molar-refractivity contribution in [3.8, 4) is 5.75 Å². The van der Waals surface area contributed by atoms with E-state index in [-0.39, 0.29) is 12.4 Å². The van der Waals surface area contributed by atoms with Crippen LogP contribution in [0.4, 0.5) is 0 Å². The topological polar surface area (TPSA) is 38.5 Å². The minimum atomic E-state index is 0. The summed E-state index contributed by atoms with van der Waals surface area (Å²) in [5.41, 5.74) is 7.49. The predicted molar refractivity (Wildman–Crippen MR) is 86.5 cm³/mol. The van der Waals surface area contributed by atoms with E-state index in [0.717, 1.165) is 45.0 Å². The molecule has 1 unspecified atom stereocenters. The average Bonchev–Trinajstić information content (AvgIpc) is 2.79. The minimum absolute atomic E-state index is 0. The second-order valence-corrected chi connectivity index (χ2v) is 5.97. The van der Waals surface area contributed by atoms with Crippen LogP contribution in [0.3, 0.4) is 0 Å². The molecule has 1 atom stereocenters. The lowest BCUT2D eigenvalue weighted by atomic mass is 9.90. The third-order valence-corrected chi connectivity index (χ3v) is 3.91. The zero-order valence-corrected chi connectivity index (χ0v) is 13.4. The Balaban J connectivity index is 0.00000200. The van der Waals surface area contributed by atoms with E-state index in [1.54, 1.807) is 0 Å². The highest BCUT2D eigenvalue weighted by molar-refractivity contribution is 5.85. The fraction of sp³-hybridized carbons (Fsp3) is 0.625. The lowest BCUT2D eigenvalue weighted by molar-refractivity contribution is 0.273. The van der Waals surface area contributed by atoms with Crippen molar-refractivity contribution in [2.75, 3.05) is 26.2 Å². The van der Waals surface area contributed by atoms with Crippen molar-refractivity contribution in [2.24, 2.45) is 11.1 Å². The van der Waals surface area contributed by atoms with Crippen molar-refractivity contribution in [3.63, 3.8) is 0 Å². The van der Waals surface area contributed by atoms with Gasteiger partial charge in [0.05, 0.1) is 6.61 Å². The Morgan fingerprint density at radius 1 is 1.40 bits per heavy atom. The number of likely N-dealkylation sites (tertiary alicyclic amines) is 1. The number of nitrogens with two attached hydrogens (primary N) is 1. The van der Waals surface area contributed by atoms with Gasteiger partial charge >= 0.3 is 0 Å². The number of benzene rings is 1. The lowest BCUT2D eigenvalue weighted by Gasteiger charge is -2.22. The SMILES string of the molecule is CCCOc1cccc(CN2CCC(C)(CN)C2)c1.Cl. The Bertz CT molecular complexity index is 413. The summed E-state index contributed by atoms with van der Waals surface area (Å²) in [7, 11) is 0. The standard InChI is InChI=1S/C16H26N2O.ClH/c1-3-9-19-15-6-4-5-14(10-15)11-18-8-7-16(2,12-17)13-18;/h4-6,10H,3,7-9,11-13,17H2,1-2H3;1H. The highest BCUT2D eigenvalue weighted by atomic mass is 35.5. The minimum Gasteiger partial charge on any atom is -0.494 e. The lowest BCUT2D eigenvalue weighted by Crippen LogP contribution is -2.31. The van der Waals surface area contributed by atoms with Gasteiger partial charge in [0, 0.05) is 13.1 Å². The molecule has 0 radical (unpaired) electrons. The van der Waals surface area contributed by atoms with Crippen LogP contribution in [-0.4, -0.2) is 31.1 Å². The maximum atomic E-state index is 5.86. The van der Waals surface area contributed by atoms with Gasteiger partial charge in [-0.3, -0.25) is 4.90 Å². The number of halogens is 1. The highest BCUT2D eigenvalue weighted by Crippen LogP contribution is 2.29. The normalized spacial score (nSPS) is 22.6. The molecule has 1 heterocycles. The van der Waals surface area contributed by atoms with Gasteiger partial charge in [0.15, 0.2) is 0 Å². The van der Waals surface area contributed by atoms with E-state index in [2.05, 4.69) is 36.9 Å². The molecule has 20 heavy (non-hydrogen) atoms. The zero-order valence-electron chi connectivity index (χ0n) is 12.6. The van der Waals surface area contributed by atoms with Gasteiger partial charge in [-0.05, 0) is 49.0 Å². The monoisotopic (exact) mass is 298 g/mol. The smallest absolute Gasteiger partial charge is 0.119 e. The Morgan fingerprint density at radius 3 is 2.85 bits per heavy atom. The van der Waals surface area contributed by atoms with E-state index >= 15 is 0 Å². The molecule has 1 aliphatic rings. The zero-order chi connectivity index (χ0) is 13.7. The van der Waals surface area contributed by atoms with Crippen molar-refractivity contribution < 1.29 is 4.74 Å². The van der Waals surface area contributed by atoms with Crippen molar-refractivity contribution >= 4 is 12.4 Å². The molecule has 1 aromatic rings. The van der Waals surface area contributed by atoms with Crippen LogP contribution < -0.4 is 10.5 Å². The maximum absolute atomic E-state index is 5.86. The van der Waals surface area contributed by atoms with E-state index in [9.17, 15) is 0 Å². The predicted octanol–water partition coefficient (Wildman–Crippen LogP) is 3.07. The third-order valence-electron chi connectivity index (χ3n) is 3.91. The molecular weight excluding hydrogens is 272 g/mol. The molecule has 1 aliphatic heterocycles. The van der Waals surface area contributed by atoms with Crippen LogP contribution >= 0.6 is 12.4 Å². The first-order chi connectivity index (χ1) is 9.15. The van der Waals surface area contributed by atoms with Crippen molar-refractivity contribution in [1.29, 1.82) is 0 Å².